The van der Waals surface area contributed by atoms with Crippen molar-refractivity contribution in [3.8, 4) is 0 Å². The zero-order valence-corrected chi connectivity index (χ0v) is 22.0. The molecule has 34 heavy (non-hydrogen) atoms. The molecule has 0 spiro atoms. The first-order valence-electron chi connectivity index (χ1n) is 11.3. The molecule has 7 nitrogen and oxygen atoms in total. The SMILES string of the molecule is CCCNC(=O)[C@H](CC)N(Cc1ccccc1C)C(=O)CN(c1ccc(C)c(Cl)c1)S(C)(=O)=O. The van der Waals surface area contributed by atoms with E-state index in [1.165, 1.54) is 11.0 Å². The number of sulfonamides is 1. The fraction of sp³-hybridized carbons (Fsp3) is 0.440. The summed E-state index contributed by atoms with van der Waals surface area (Å²) in [6.07, 6.45) is 2.21. The number of hydrogen-bond donors (Lipinski definition) is 1. The maximum absolute atomic E-state index is 13.6. The summed E-state index contributed by atoms with van der Waals surface area (Å²) in [5, 5.41) is 3.27. The molecule has 2 amide bonds. The van der Waals surface area contributed by atoms with E-state index in [1.807, 2.05) is 52.0 Å². The van der Waals surface area contributed by atoms with Gasteiger partial charge in [0.2, 0.25) is 21.8 Å². The molecular weight excluding hydrogens is 474 g/mol. The molecule has 0 saturated carbocycles. The molecule has 0 saturated heterocycles. The topological polar surface area (TPSA) is 86.8 Å². The van der Waals surface area contributed by atoms with Gasteiger partial charge in [-0.1, -0.05) is 55.8 Å². The molecule has 2 rings (SSSR count). The minimum Gasteiger partial charge on any atom is -0.354 e. The summed E-state index contributed by atoms with van der Waals surface area (Å²) < 4.78 is 26.3. The molecule has 0 heterocycles. The van der Waals surface area contributed by atoms with Crippen LogP contribution in [0.15, 0.2) is 42.5 Å². The minimum absolute atomic E-state index is 0.190. The fourth-order valence-electron chi connectivity index (χ4n) is 3.61. The summed E-state index contributed by atoms with van der Waals surface area (Å²) >= 11 is 6.23. The van der Waals surface area contributed by atoms with Crippen LogP contribution >= 0.6 is 11.6 Å². The maximum Gasteiger partial charge on any atom is 0.244 e. The third kappa shape index (κ3) is 7.21. The highest BCUT2D eigenvalue weighted by Gasteiger charge is 2.31. The molecule has 0 bridgehead atoms. The molecule has 1 N–H and O–H groups in total. The summed E-state index contributed by atoms with van der Waals surface area (Å²) in [4.78, 5) is 28.0. The molecule has 0 aliphatic carbocycles. The third-order valence-corrected chi connectivity index (χ3v) is 7.21. The van der Waals surface area contributed by atoms with E-state index in [2.05, 4.69) is 5.32 Å². The summed E-state index contributed by atoms with van der Waals surface area (Å²) in [6, 6.07) is 11.7. The number of nitrogens with one attached hydrogen (secondary N) is 1. The van der Waals surface area contributed by atoms with E-state index in [1.54, 1.807) is 12.1 Å². The van der Waals surface area contributed by atoms with E-state index < -0.39 is 28.5 Å². The van der Waals surface area contributed by atoms with Crippen LogP contribution in [0, 0.1) is 13.8 Å². The molecule has 2 aromatic rings. The van der Waals surface area contributed by atoms with Crippen molar-refractivity contribution in [1.82, 2.24) is 10.2 Å². The van der Waals surface area contributed by atoms with Crippen LogP contribution in [0.1, 0.15) is 43.4 Å². The van der Waals surface area contributed by atoms with Crippen LogP contribution in [-0.2, 0) is 26.2 Å². The second-order valence-electron chi connectivity index (χ2n) is 8.37. The molecule has 0 unspecified atom stereocenters. The number of anilines is 1. The van der Waals surface area contributed by atoms with Crippen LogP contribution in [0.25, 0.3) is 0 Å². The van der Waals surface area contributed by atoms with E-state index >= 15 is 0 Å². The summed E-state index contributed by atoms with van der Waals surface area (Å²) in [7, 11) is -3.80. The molecule has 9 heteroatoms. The second-order valence-corrected chi connectivity index (χ2v) is 10.7. The van der Waals surface area contributed by atoms with Gasteiger partial charge in [0.25, 0.3) is 0 Å². The Morgan fingerprint density at radius 2 is 1.74 bits per heavy atom. The first kappa shape index (κ1) is 27.7. The van der Waals surface area contributed by atoms with Crippen LogP contribution < -0.4 is 9.62 Å². The molecule has 0 radical (unpaired) electrons. The second kappa shape index (κ2) is 12.2. The summed E-state index contributed by atoms with van der Waals surface area (Å²) in [6.45, 7) is 7.78. The normalized spacial score (nSPS) is 12.2. The summed E-state index contributed by atoms with van der Waals surface area (Å²) in [5.41, 5.74) is 2.96. The van der Waals surface area contributed by atoms with Gasteiger partial charge in [0.15, 0.2) is 0 Å². The Hall–Kier alpha value is -2.58. The number of carbonyl (C=O) groups is 2. The Labute approximate surface area is 208 Å². The molecular formula is C25H34ClN3O4S. The number of amides is 2. The number of aryl methyl sites for hydroxylation is 2. The van der Waals surface area contributed by atoms with Gasteiger partial charge in [0.05, 0.1) is 11.9 Å². The lowest BCUT2D eigenvalue weighted by Crippen LogP contribution is -2.52. The predicted molar refractivity (Wildman–Crippen MR) is 137 cm³/mol. The Kier molecular flexibility index (Phi) is 9.94. The van der Waals surface area contributed by atoms with E-state index in [0.717, 1.165) is 33.7 Å². The standard InChI is InChI=1S/C25H34ClN3O4S/c1-6-14-27-25(31)23(7-2)28(16-20-11-9-8-10-18(20)3)24(30)17-29(34(5,32)33)21-13-12-19(4)22(26)15-21/h8-13,15,23H,6-7,14,16-17H2,1-5H3,(H,27,31)/t23-/m0/s1. The van der Waals surface area contributed by atoms with Gasteiger partial charge in [-0.2, -0.15) is 0 Å². The quantitative estimate of drug-likeness (QED) is 0.497. The van der Waals surface area contributed by atoms with Gasteiger partial charge in [-0.25, -0.2) is 8.42 Å². The van der Waals surface area contributed by atoms with Gasteiger partial charge in [-0.3, -0.25) is 13.9 Å². The van der Waals surface area contributed by atoms with Crippen molar-refractivity contribution < 1.29 is 18.0 Å². The van der Waals surface area contributed by atoms with Crippen molar-refractivity contribution in [2.75, 3.05) is 23.7 Å². The summed E-state index contributed by atoms with van der Waals surface area (Å²) in [5.74, 6) is -0.723. The number of carbonyl (C=O) groups excluding carboxylic acids is 2. The van der Waals surface area contributed by atoms with Gasteiger partial charge in [0, 0.05) is 18.1 Å². The molecule has 0 aromatic heterocycles. The Morgan fingerprint density at radius 1 is 1.06 bits per heavy atom. The fourth-order valence-corrected chi connectivity index (χ4v) is 4.62. The van der Waals surface area contributed by atoms with Crippen molar-refractivity contribution in [3.05, 3.63) is 64.2 Å². The lowest BCUT2D eigenvalue weighted by molar-refractivity contribution is -0.140. The molecule has 1 atom stereocenters. The number of nitrogens with zero attached hydrogens (tertiary/aromatic N) is 2. The van der Waals surface area contributed by atoms with Crippen LogP contribution in [0.4, 0.5) is 5.69 Å². The number of benzene rings is 2. The van der Waals surface area contributed by atoms with Crippen LogP contribution in [0.3, 0.4) is 0 Å². The van der Waals surface area contributed by atoms with E-state index in [4.69, 9.17) is 11.6 Å². The highest BCUT2D eigenvalue weighted by atomic mass is 35.5. The van der Waals surface area contributed by atoms with Crippen molar-refractivity contribution in [2.45, 2.75) is 53.1 Å². The number of rotatable bonds is 11. The predicted octanol–water partition coefficient (Wildman–Crippen LogP) is 4.06. The lowest BCUT2D eigenvalue weighted by Gasteiger charge is -2.33. The smallest absolute Gasteiger partial charge is 0.244 e. The maximum atomic E-state index is 13.6. The van der Waals surface area contributed by atoms with Crippen LogP contribution in [0.5, 0.6) is 0 Å². The van der Waals surface area contributed by atoms with Crippen molar-refractivity contribution in [1.29, 1.82) is 0 Å². The van der Waals surface area contributed by atoms with Crippen LogP contribution in [0.2, 0.25) is 5.02 Å². The van der Waals surface area contributed by atoms with Crippen molar-refractivity contribution >= 4 is 39.1 Å². The van der Waals surface area contributed by atoms with E-state index in [0.29, 0.717) is 23.7 Å². The largest absolute Gasteiger partial charge is 0.354 e. The zero-order chi connectivity index (χ0) is 25.5. The Morgan fingerprint density at radius 3 is 2.29 bits per heavy atom. The average Bonchev–Trinajstić information content (AvgIpc) is 2.78. The van der Waals surface area contributed by atoms with E-state index in [-0.39, 0.29) is 12.5 Å². The monoisotopic (exact) mass is 507 g/mol. The third-order valence-electron chi connectivity index (χ3n) is 5.66. The van der Waals surface area contributed by atoms with Gasteiger partial charge < -0.3 is 10.2 Å². The molecule has 2 aromatic carbocycles. The van der Waals surface area contributed by atoms with Gasteiger partial charge >= 0.3 is 0 Å². The average molecular weight is 508 g/mol. The minimum atomic E-state index is -3.80. The Balaban J connectivity index is 2.46. The number of halogens is 1. The van der Waals surface area contributed by atoms with E-state index in [9.17, 15) is 18.0 Å². The molecule has 0 aliphatic rings. The van der Waals surface area contributed by atoms with Gasteiger partial charge in [0.1, 0.15) is 12.6 Å². The lowest BCUT2D eigenvalue weighted by atomic mass is 10.1. The van der Waals surface area contributed by atoms with Crippen molar-refractivity contribution in [3.63, 3.8) is 0 Å². The van der Waals surface area contributed by atoms with Gasteiger partial charge in [-0.05, 0) is 55.5 Å². The molecule has 0 aliphatic heterocycles. The molecule has 0 fully saturated rings. The first-order valence-corrected chi connectivity index (χ1v) is 13.6. The highest BCUT2D eigenvalue weighted by Crippen LogP contribution is 2.25. The molecule has 186 valence electrons. The zero-order valence-electron chi connectivity index (χ0n) is 20.5. The van der Waals surface area contributed by atoms with Crippen LogP contribution in [-0.4, -0.2) is 50.5 Å². The first-order chi connectivity index (χ1) is 16.0. The Bertz CT molecular complexity index is 1120. The van der Waals surface area contributed by atoms with Crippen molar-refractivity contribution in [2.24, 2.45) is 0 Å². The number of hydrogen-bond acceptors (Lipinski definition) is 4. The highest BCUT2D eigenvalue weighted by molar-refractivity contribution is 7.92. The van der Waals surface area contributed by atoms with Gasteiger partial charge in [-0.15, -0.1) is 0 Å².